The van der Waals surface area contributed by atoms with Crippen molar-refractivity contribution in [3.63, 3.8) is 0 Å². The summed E-state index contributed by atoms with van der Waals surface area (Å²) < 4.78 is 20.5. The number of carbonyl (C=O) groups is 3. The lowest BCUT2D eigenvalue weighted by atomic mass is 10.1. The van der Waals surface area contributed by atoms with Crippen molar-refractivity contribution in [3.05, 3.63) is 41.8 Å². The molecule has 0 radical (unpaired) electrons. The van der Waals surface area contributed by atoms with Gasteiger partial charge >= 0.3 is 18.3 Å². The van der Waals surface area contributed by atoms with E-state index in [1.54, 1.807) is 9.80 Å². The number of carbonyl (C=O) groups excluding carboxylic acids is 3. The molecule has 4 heterocycles. The second-order valence-corrected chi connectivity index (χ2v) is 15.1. The first-order chi connectivity index (χ1) is 24.2. The highest BCUT2D eigenvalue weighted by Gasteiger charge is 2.33. The standard InChI is InChI=1S/2C9H16N4O2.C8H14N4O2.C4H7N3O/c2*1-9(2,3)15-8(14)13-5-4-7(6-13)11-12-10;1-8(2,3)14-7(13)12-4-6(5-12)10-11-9;5-7-6-4-1-2-8-3-4/h2*7H,4-6H2,1-3H3;6H,4-5H2,1-3H3;4H,1-3H2/t2*7-;;4-/m10.0/s1. The second kappa shape index (κ2) is 21.4. The van der Waals surface area contributed by atoms with Gasteiger partial charge in [-0.15, -0.1) is 0 Å². The van der Waals surface area contributed by atoms with E-state index >= 15 is 0 Å². The molecule has 0 spiro atoms. The summed E-state index contributed by atoms with van der Waals surface area (Å²) in [5.74, 6) is 0. The predicted molar refractivity (Wildman–Crippen MR) is 190 cm³/mol. The predicted octanol–water partition coefficient (Wildman–Crippen LogP) is 7.61. The zero-order valence-corrected chi connectivity index (χ0v) is 31.7. The van der Waals surface area contributed by atoms with E-state index in [4.69, 9.17) is 41.1 Å². The molecule has 4 fully saturated rings. The maximum absolute atomic E-state index is 11.6. The van der Waals surface area contributed by atoms with Crippen molar-refractivity contribution in [3.8, 4) is 0 Å². The van der Waals surface area contributed by atoms with Crippen molar-refractivity contribution >= 4 is 18.3 Å². The Morgan fingerprint density at radius 1 is 0.538 bits per heavy atom. The first kappa shape index (κ1) is 45.0. The molecule has 4 aliphatic rings. The Morgan fingerprint density at radius 3 is 1.19 bits per heavy atom. The molecule has 0 aliphatic carbocycles. The minimum atomic E-state index is -0.479. The van der Waals surface area contributed by atoms with Crippen molar-refractivity contribution in [1.82, 2.24) is 14.7 Å². The van der Waals surface area contributed by atoms with Crippen LogP contribution in [-0.4, -0.2) is 126 Å². The summed E-state index contributed by atoms with van der Waals surface area (Å²) in [7, 11) is 0. The van der Waals surface area contributed by atoms with Gasteiger partial charge in [-0.3, -0.25) is 0 Å². The van der Waals surface area contributed by atoms with Gasteiger partial charge in [0.05, 0.1) is 30.8 Å². The second-order valence-electron chi connectivity index (χ2n) is 15.1. The maximum Gasteiger partial charge on any atom is 0.410 e. The van der Waals surface area contributed by atoms with E-state index in [1.807, 2.05) is 62.3 Å². The molecule has 4 aliphatic heterocycles. The van der Waals surface area contributed by atoms with Gasteiger partial charge in [-0.2, -0.15) is 0 Å². The van der Waals surface area contributed by atoms with Gasteiger partial charge in [-0.1, -0.05) is 20.5 Å². The maximum atomic E-state index is 11.6. The van der Waals surface area contributed by atoms with Crippen LogP contribution in [0.2, 0.25) is 0 Å². The molecular weight excluding hydrogens is 682 g/mol. The Hall–Kier alpha value is -4.99. The van der Waals surface area contributed by atoms with Crippen molar-refractivity contribution in [2.75, 3.05) is 52.5 Å². The van der Waals surface area contributed by atoms with Crippen LogP contribution >= 0.6 is 0 Å². The Kier molecular flexibility index (Phi) is 18.5. The van der Waals surface area contributed by atoms with Gasteiger partial charge in [0.2, 0.25) is 0 Å². The van der Waals surface area contributed by atoms with E-state index < -0.39 is 16.8 Å². The fraction of sp³-hybridized carbons (Fsp3) is 0.900. The van der Waals surface area contributed by atoms with Crippen LogP contribution in [0.15, 0.2) is 20.5 Å². The monoisotopic (exact) mass is 735 g/mol. The third kappa shape index (κ3) is 19.4. The average molecular weight is 736 g/mol. The number of ether oxygens (including phenoxy) is 4. The lowest BCUT2D eigenvalue weighted by molar-refractivity contribution is 0.00881. The van der Waals surface area contributed by atoms with E-state index in [9.17, 15) is 14.4 Å². The quantitative estimate of drug-likeness (QED) is 0.120. The molecule has 3 amide bonds. The van der Waals surface area contributed by atoms with Crippen molar-refractivity contribution in [2.24, 2.45) is 20.5 Å². The van der Waals surface area contributed by atoms with E-state index in [1.165, 1.54) is 4.90 Å². The van der Waals surface area contributed by atoms with Gasteiger partial charge in [-0.25, -0.2) is 14.4 Å². The number of hydrogen-bond acceptors (Lipinski definition) is 11. The summed E-state index contributed by atoms with van der Waals surface area (Å²) in [4.78, 5) is 50.0. The number of amides is 3. The van der Waals surface area contributed by atoms with Gasteiger partial charge in [0.1, 0.15) is 16.8 Å². The highest BCUT2D eigenvalue weighted by molar-refractivity contribution is 5.69. The fourth-order valence-electron chi connectivity index (χ4n) is 4.57. The van der Waals surface area contributed by atoms with Crippen LogP contribution in [0, 0.1) is 0 Å². The van der Waals surface area contributed by atoms with Gasteiger partial charge < -0.3 is 33.6 Å². The van der Waals surface area contributed by atoms with Gasteiger partial charge in [-0.05, 0) is 104 Å². The Bertz CT molecular complexity index is 1310. The number of azide groups is 4. The molecule has 0 bridgehead atoms. The molecule has 0 N–H and O–H groups in total. The molecule has 290 valence electrons. The number of hydrogen-bond donors (Lipinski definition) is 0. The lowest BCUT2D eigenvalue weighted by Gasteiger charge is -2.37. The van der Waals surface area contributed by atoms with Crippen LogP contribution < -0.4 is 0 Å². The molecule has 52 heavy (non-hydrogen) atoms. The van der Waals surface area contributed by atoms with E-state index in [-0.39, 0.29) is 42.4 Å². The SMILES string of the molecule is CC(C)(C)OC(=O)N1CC(N=[N+]=[N-])C1.CC(C)(C)OC(=O)N1CC[C@@H](N=[N+]=[N-])C1.CC(C)(C)OC(=O)N1CC[C@H](N=[N+]=[N-])C1.[N-]=[N+]=N[C@H]1CCOC1. The van der Waals surface area contributed by atoms with E-state index in [0.29, 0.717) is 58.7 Å². The van der Waals surface area contributed by atoms with Crippen molar-refractivity contribution in [2.45, 2.75) is 123 Å². The van der Waals surface area contributed by atoms with Crippen LogP contribution in [0.3, 0.4) is 0 Å². The lowest BCUT2D eigenvalue weighted by Crippen LogP contribution is -2.53. The minimum absolute atomic E-state index is 0.0903. The highest BCUT2D eigenvalue weighted by Crippen LogP contribution is 2.19. The summed E-state index contributed by atoms with van der Waals surface area (Å²) in [6.45, 7) is 20.8. The largest absolute Gasteiger partial charge is 0.444 e. The summed E-state index contributed by atoms with van der Waals surface area (Å²) in [5, 5.41) is 14.1. The van der Waals surface area contributed by atoms with Crippen LogP contribution in [0.25, 0.3) is 41.8 Å². The molecule has 0 aromatic carbocycles. The average Bonchev–Trinajstić information content (AvgIpc) is 3.77. The summed E-state index contributed by atoms with van der Waals surface area (Å²) in [5.41, 5.74) is 31.2. The number of nitrogens with zero attached hydrogens (tertiary/aromatic N) is 15. The Morgan fingerprint density at radius 2 is 0.865 bits per heavy atom. The first-order valence-corrected chi connectivity index (χ1v) is 16.9. The van der Waals surface area contributed by atoms with Gasteiger partial charge in [0, 0.05) is 65.5 Å². The zero-order chi connectivity index (χ0) is 39.5. The summed E-state index contributed by atoms with van der Waals surface area (Å²) in [6.07, 6.45) is 1.29. The van der Waals surface area contributed by atoms with Crippen molar-refractivity contribution in [1.29, 1.82) is 0 Å². The molecule has 22 nitrogen and oxygen atoms in total. The van der Waals surface area contributed by atoms with Crippen LogP contribution in [-0.2, 0) is 18.9 Å². The highest BCUT2D eigenvalue weighted by atomic mass is 16.6. The molecule has 22 heteroatoms. The molecule has 0 aromatic rings. The molecule has 0 saturated carbocycles. The van der Waals surface area contributed by atoms with E-state index in [2.05, 4.69) is 40.1 Å². The van der Waals surface area contributed by atoms with Crippen LogP contribution in [0.1, 0.15) is 81.6 Å². The first-order valence-electron chi connectivity index (χ1n) is 16.9. The van der Waals surface area contributed by atoms with Crippen LogP contribution in [0.5, 0.6) is 0 Å². The summed E-state index contributed by atoms with van der Waals surface area (Å²) >= 11 is 0. The minimum Gasteiger partial charge on any atom is -0.444 e. The smallest absolute Gasteiger partial charge is 0.410 e. The number of likely N-dealkylation sites (tertiary alicyclic amines) is 3. The third-order valence-corrected chi connectivity index (χ3v) is 6.91. The van der Waals surface area contributed by atoms with Gasteiger partial charge in [0.25, 0.3) is 0 Å². The molecule has 4 rings (SSSR count). The molecule has 4 saturated heterocycles. The van der Waals surface area contributed by atoms with Gasteiger partial charge in [0.15, 0.2) is 0 Å². The zero-order valence-electron chi connectivity index (χ0n) is 31.7. The molecule has 0 aromatic heterocycles. The Balaban J connectivity index is 0.000000354. The Labute approximate surface area is 303 Å². The molecule has 3 atom stereocenters. The fourth-order valence-corrected chi connectivity index (χ4v) is 4.57. The number of rotatable bonds is 4. The normalized spacial score (nSPS) is 20.9. The molecule has 0 unspecified atom stereocenters. The summed E-state index contributed by atoms with van der Waals surface area (Å²) in [6, 6.07) is -0.211. The van der Waals surface area contributed by atoms with E-state index in [0.717, 1.165) is 13.0 Å². The van der Waals surface area contributed by atoms with Crippen molar-refractivity contribution < 1.29 is 33.3 Å². The van der Waals surface area contributed by atoms with Crippen LogP contribution in [0.4, 0.5) is 14.4 Å². The molecular formula is C30H53N15O7. The topological polar surface area (TPSA) is 293 Å². The third-order valence-electron chi connectivity index (χ3n) is 6.91.